The zero-order valence-corrected chi connectivity index (χ0v) is 17.5. The predicted molar refractivity (Wildman–Crippen MR) is 111 cm³/mol. The van der Waals surface area contributed by atoms with Gasteiger partial charge in [0.25, 0.3) is 0 Å². The fourth-order valence-corrected chi connectivity index (χ4v) is 4.47. The van der Waals surface area contributed by atoms with Crippen LogP contribution in [0.15, 0.2) is 36.9 Å². The highest BCUT2D eigenvalue weighted by Crippen LogP contribution is 2.51. The molecular weight excluding hydrogens is 408 g/mol. The summed E-state index contributed by atoms with van der Waals surface area (Å²) in [6.07, 6.45) is -0.653. The minimum Gasteiger partial charge on any atom is -0.352 e. The zero-order valence-electron chi connectivity index (χ0n) is 17.5. The lowest BCUT2D eigenvalue weighted by atomic mass is 9.79. The van der Waals surface area contributed by atoms with Crippen LogP contribution in [0.4, 0.5) is 17.6 Å². The Hall–Kier alpha value is -2.18. The predicted octanol–water partition coefficient (Wildman–Crippen LogP) is 7.04. The standard InChI is InChI=1S/C25H26F4O2/c1-3-5-7-19-30-12-15(13-31-19)16-10-11-18-17-9-8-14(6-4-2)22(26)20(17)24(28)25(29)21(18)23(16)27/h3,8-11,15,19,24-25H,1,4-7,12-13H2,2H3/t15?,19?,24-,25?/m0/s1. The largest absolute Gasteiger partial charge is 0.352 e. The molecule has 2 aliphatic rings. The van der Waals surface area contributed by atoms with Gasteiger partial charge in [-0.15, -0.1) is 6.58 Å². The van der Waals surface area contributed by atoms with Gasteiger partial charge >= 0.3 is 0 Å². The molecule has 2 aromatic rings. The molecule has 6 heteroatoms. The fourth-order valence-electron chi connectivity index (χ4n) is 4.47. The molecule has 1 saturated heterocycles. The van der Waals surface area contributed by atoms with Gasteiger partial charge in [0.05, 0.1) is 13.2 Å². The van der Waals surface area contributed by atoms with Crippen LogP contribution in [-0.2, 0) is 15.9 Å². The fraction of sp³-hybridized carbons (Fsp3) is 0.440. The van der Waals surface area contributed by atoms with Crippen molar-refractivity contribution in [2.75, 3.05) is 13.2 Å². The minimum atomic E-state index is -2.28. The summed E-state index contributed by atoms with van der Waals surface area (Å²) in [5, 5.41) is 0. The molecule has 1 unspecified atom stereocenters. The maximum absolute atomic E-state index is 15.4. The monoisotopic (exact) mass is 434 g/mol. The van der Waals surface area contributed by atoms with E-state index in [1.165, 1.54) is 0 Å². The van der Waals surface area contributed by atoms with Gasteiger partial charge in [0, 0.05) is 23.5 Å². The van der Waals surface area contributed by atoms with Crippen molar-refractivity contribution in [3.8, 4) is 11.1 Å². The van der Waals surface area contributed by atoms with Crippen LogP contribution in [0.2, 0.25) is 0 Å². The SMILES string of the molecule is C=CCCC1OCC(c2ccc3c(c2F)C(F)[C@@H](F)c2c-3ccc(CCC)c2F)CO1. The van der Waals surface area contributed by atoms with Gasteiger partial charge in [-0.3, -0.25) is 0 Å². The van der Waals surface area contributed by atoms with Crippen LogP contribution < -0.4 is 0 Å². The van der Waals surface area contributed by atoms with Gasteiger partial charge in [-0.2, -0.15) is 0 Å². The third-order valence-electron chi connectivity index (χ3n) is 6.10. The van der Waals surface area contributed by atoms with Crippen molar-refractivity contribution in [1.82, 2.24) is 0 Å². The van der Waals surface area contributed by atoms with Gasteiger partial charge in [-0.25, -0.2) is 17.6 Å². The normalized spacial score (nSPS) is 25.1. The summed E-state index contributed by atoms with van der Waals surface area (Å²) in [5.41, 5.74) is 0.309. The van der Waals surface area contributed by atoms with Gasteiger partial charge in [0.15, 0.2) is 18.6 Å². The first-order chi connectivity index (χ1) is 15.0. The third kappa shape index (κ3) is 3.92. The number of allylic oxidation sites excluding steroid dienone is 1. The van der Waals surface area contributed by atoms with E-state index < -0.39 is 29.9 Å². The summed E-state index contributed by atoms with van der Waals surface area (Å²) < 4.78 is 71.8. The van der Waals surface area contributed by atoms with Crippen LogP contribution in [0.1, 0.15) is 66.7 Å². The van der Waals surface area contributed by atoms with Crippen molar-refractivity contribution >= 4 is 0 Å². The molecule has 1 aliphatic carbocycles. The van der Waals surface area contributed by atoms with E-state index in [1.807, 2.05) is 6.92 Å². The summed E-state index contributed by atoms with van der Waals surface area (Å²) in [4.78, 5) is 0. The summed E-state index contributed by atoms with van der Waals surface area (Å²) in [6.45, 7) is 5.99. The second-order valence-electron chi connectivity index (χ2n) is 8.14. The molecule has 2 atom stereocenters. The minimum absolute atomic E-state index is 0.195. The number of hydrogen-bond acceptors (Lipinski definition) is 2. The Morgan fingerprint density at radius 1 is 0.968 bits per heavy atom. The zero-order chi connectivity index (χ0) is 22.1. The Kier molecular flexibility index (Phi) is 6.49. The number of fused-ring (bicyclic) bond motifs is 3. The number of hydrogen-bond donors (Lipinski definition) is 0. The average Bonchev–Trinajstić information content (AvgIpc) is 2.78. The van der Waals surface area contributed by atoms with Crippen LogP contribution in [0.5, 0.6) is 0 Å². The van der Waals surface area contributed by atoms with Crippen LogP contribution in [0, 0.1) is 11.6 Å². The van der Waals surface area contributed by atoms with Crippen LogP contribution in [0.25, 0.3) is 11.1 Å². The first kappa shape index (κ1) is 22.0. The van der Waals surface area contributed by atoms with Crippen molar-refractivity contribution in [1.29, 1.82) is 0 Å². The first-order valence-corrected chi connectivity index (χ1v) is 10.7. The lowest BCUT2D eigenvalue weighted by molar-refractivity contribution is -0.189. The van der Waals surface area contributed by atoms with Crippen molar-refractivity contribution < 1.29 is 27.0 Å². The molecule has 0 saturated carbocycles. The number of benzene rings is 2. The maximum Gasteiger partial charge on any atom is 0.164 e. The van der Waals surface area contributed by atoms with Crippen molar-refractivity contribution in [3.05, 3.63) is 70.8 Å². The number of halogens is 4. The second kappa shape index (κ2) is 9.13. The van der Waals surface area contributed by atoms with Crippen LogP contribution in [-0.4, -0.2) is 19.5 Å². The van der Waals surface area contributed by atoms with Gasteiger partial charge in [-0.05, 0) is 35.1 Å². The average molecular weight is 434 g/mol. The summed E-state index contributed by atoms with van der Waals surface area (Å²) in [7, 11) is 0. The molecule has 166 valence electrons. The molecule has 1 fully saturated rings. The Morgan fingerprint density at radius 3 is 2.19 bits per heavy atom. The van der Waals surface area contributed by atoms with Crippen molar-refractivity contribution in [2.45, 2.75) is 57.2 Å². The smallest absolute Gasteiger partial charge is 0.164 e. The topological polar surface area (TPSA) is 18.5 Å². The van der Waals surface area contributed by atoms with E-state index in [-0.39, 0.29) is 47.3 Å². The van der Waals surface area contributed by atoms with Gasteiger partial charge in [-0.1, -0.05) is 43.7 Å². The number of rotatable bonds is 6. The molecular formula is C25H26F4O2. The molecule has 1 aliphatic heterocycles. The van der Waals surface area contributed by atoms with E-state index >= 15 is 13.2 Å². The number of aryl methyl sites for hydroxylation is 1. The summed E-state index contributed by atoms with van der Waals surface area (Å²) in [5.74, 6) is -1.97. The molecule has 0 amide bonds. The van der Waals surface area contributed by atoms with Crippen LogP contribution >= 0.6 is 0 Å². The molecule has 31 heavy (non-hydrogen) atoms. The van der Waals surface area contributed by atoms with E-state index in [1.54, 1.807) is 30.3 Å². The van der Waals surface area contributed by atoms with Crippen molar-refractivity contribution in [2.24, 2.45) is 0 Å². The molecule has 0 N–H and O–H groups in total. The third-order valence-corrected chi connectivity index (χ3v) is 6.10. The van der Waals surface area contributed by atoms with E-state index in [9.17, 15) is 4.39 Å². The Labute approximate surface area is 179 Å². The highest BCUT2D eigenvalue weighted by atomic mass is 19.2. The number of alkyl halides is 2. The molecule has 2 aromatic carbocycles. The van der Waals surface area contributed by atoms with E-state index in [0.717, 1.165) is 6.42 Å². The molecule has 0 aromatic heterocycles. The molecule has 4 rings (SSSR count). The van der Waals surface area contributed by atoms with Gasteiger partial charge in [0.2, 0.25) is 0 Å². The number of ether oxygens (including phenoxy) is 2. The van der Waals surface area contributed by atoms with E-state index in [4.69, 9.17) is 9.47 Å². The van der Waals surface area contributed by atoms with Gasteiger partial charge < -0.3 is 9.47 Å². The van der Waals surface area contributed by atoms with Gasteiger partial charge in [0.1, 0.15) is 11.6 Å². The highest BCUT2D eigenvalue weighted by Gasteiger charge is 2.40. The molecule has 0 spiro atoms. The Morgan fingerprint density at radius 2 is 1.58 bits per heavy atom. The summed E-state index contributed by atoms with van der Waals surface area (Å²) >= 11 is 0. The molecule has 1 heterocycles. The molecule has 2 nitrogen and oxygen atoms in total. The molecule has 0 radical (unpaired) electrons. The van der Waals surface area contributed by atoms with E-state index in [0.29, 0.717) is 24.8 Å². The highest BCUT2D eigenvalue weighted by molar-refractivity contribution is 5.76. The Balaban J connectivity index is 1.68. The molecule has 0 bridgehead atoms. The Bertz CT molecular complexity index is 966. The second-order valence-corrected chi connectivity index (χ2v) is 8.14. The summed E-state index contributed by atoms with van der Waals surface area (Å²) in [6, 6.07) is 6.23. The lowest BCUT2D eigenvalue weighted by Crippen LogP contribution is -2.31. The quantitative estimate of drug-likeness (QED) is 0.359. The van der Waals surface area contributed by atoms with Crippen LogP contribution in [0.3, 0.4) is 0 Å². The van der Waals surface area contributed by atoms with Crippen molar-refractivity contribution in [3.63, 3.8) is 0 Å². The first-order valence-electron chi connectivity index (χ1n) is 10.7. The maximum atomic E-state index is 15.4. The lowest BCUT2D eigenvalue weighted by Gasteiger charge is -2.32. The van der Waals surface area contributed by atoms with E-state index in [2.05, 4.69) is 6.58 Å².